The molecule has 0 spiro atoms. The maximum Gasteiger partial charge on any atom is 0.152 e. The highest BCUT2D eigenvalue weighted by Gasteiger charge is 2.55. The molecule has 64 valence electrons. The van der Waals surface area contributed by atoms with E-state index in [1.807, 2.05) is 30.3 Å². The van der Waals surface area contributed by atoms with Gasteiger partial charge < -0.3 is 5.32 Å². The van der Waals surface area contributed by atoms with Gasteiger partial charge in [-0.05, 0) is 12.6 Å². The molecule has 1 aliphatic rings. The zero-order valence-corrected chi connectivity index (χ0v) is 7.05. The maximum atomic E-state index is 13.8. The molecule has 1 aromatic carbocycles. The highest BCUT2D eigenvalue weighted by molar-refractivity contribution is 5.31. The van der Waals surface area contributed by atoms with Crippen LogP contribution in [0.3, 0.4) is 0 Å². The van der Waals surface area contributed by atoms with E-state index in [1.165, 1.54) is 0 Å². The van der Waals surface area contributed by atoms with Crippen LogP contribution in [-0.2, 0) is 5.67 Å². The molecule has 0 unspecified atom stereocenters. The van der Waals surface area contributed by atoms with Crippen molar-refractivity contribution in [2.45, 2.75) is 18.1 Å². The number of alkyl halides is 1. The van der Waals surface area contributed by atoms with Gasteiger partial charge in [0, 0.05) is 12.5 Å². The van der Waals surface area contributed by atoms with Crippen LogP contribution >= 0.6 is 0 Å². The van der Waals surface area contributed by atoms with Crippen molar-refractivity contribution < 1.29 is 4.39 Å². The predicted octanol–water partition coefficient (Wildman–Crippen LogP) is 1.84. The molecule has 12 heavy (non-hydrogen) atoms. The van der Waals surface area contributed by atoms with Gasteiger partial charge in [-0.3, -0.25) is 0 Å². The molecular weight excluding hydrogens is 153 g/mol. The minimum absolute atomic E-state index is 0.0138. The topological polar surface area (TPSA) is 12.0 Å². The van der Waals surface area contributed by atoms with Gasteiger partial charge in [0.15, 0.2) is 5.67 Å². The second-order valence-corrected chi connectivity index (χ2v) is 3.27. The predicted molar refractivity (Wildman–Crippen MR) is 46.7 cm³/mol. The molecule has 1 aliphatic carbocycles. The second kappa shape index (κ2) is 2.56. The van der Waals surface area contributed by atoms with Crippen molar-refractivity contribution in [1.82, 2.24) is 5.32 Å². The Hall–Kier alpha value is -0.890. The minimum atomic E-state index is -1.10. The summed E-state index contributed by atoms with van der Waals surface area (Å²) in [5.74, 6) is 0. The first-order chi connectivity index (χ1) is 5.77. The van der Waals surface area contributed by atoms with E-state index in [0.717, 1.165) is 5.56 Å². The Morgan fingerprint density at radius 3 is 2.58 bits per heavy atom. The van der Waals surface area contributed by atoms with Crippen LogP contribution < -0.4 is 5.32 Å². The molecule has 0 amide bonds. The first-order valence-electron chi connectivity index (χ1n) is 4.19. The molecule has 1 N–H and O–H groups in total. The van der Waals surface area contributed by atoms with Gasteiger partial charge in [-0.15, -0.1) is 0 Å². The average molecular weight is 165 g/mol. The van der Waals surface area contributed by atoms with E-state index in [2.05, 4.69) is 5.32 Å². The number of nitrogens with one attached hydrogen (secondary N) is 1. The summed E-state index contributed by atoms with van der Waals surface area (Å²) in [5, 5.41) is 2.95. The third-order valence-electron chi connectivity index (χ3n) is 2.50. The highest BCUT2D eigenvalue weighted by atomic mass is 19.1. The number of hydrogen-bond acceptors (Lipinski definition) is 1. The molecule has 2 heteroatoms. The SMILES string of the molecule is CN[C@@H]1C[C@]1(F)c1ccccc1. The molecule has 0 radical (unpaired) electrons. The normalized spacial score (nSPS) is 33.3. The maximum absolute atomic E-state index is 13.8. The van der Waals surface area contributed by atoms with Crippen molar-refractivity contribution >= 4 is 0 Å². The summed E-state index contributed by atoms with van der Waals surface area (Å²) in [6, 6.07) is 9.36. The molecule has 1 fully saturated rings. The van der Waals surface area contributed by atoms with Crippen LogP contribution in [0.4, 0.5) is 4.39 Å². The van der Waals surface area contributed by atoms with Crippen LogP contribution in [-0.4, -0.2) is 13.1 Å². The standard InChI is InChI=1S/C10H12FN/c1-12-9-7-10(9,11)8-5-3-2-4-6-8/h2-6,9,12H,7H2,1H3/t9-,10+/m1/s1. The van der Waals surface area contributed by atoms with Gasteiger partial charge >= 0.3 is 0 Å². The lowest BCUT2D eigenvalue weighted by Crippen LogP contribution is -2.18. The first kappa shape index (κ1) is 7.74. The van der Waals surface area contributed by atoms with Crippen molar-refractivity contribution in [3.63, 3.8) is 0 Å². The number of likely N-dealkylation sites (N-methyl/N-ethyl adjacent to an activating group) is 1. The lowest BCUT2D eigenvalue weighted by atomic mass is 10.1. The molecule has 0 aliphatic heterocycles. The van der Waals surface area contributed by atoms with Crippen molar-refractivity contribution in [2.75, 3.05) is 7.05 Å². The molecular formula is C10H12FN. The molecule has 2 rings (SSSR count). The van der Waals surface area contributed by atoms with Gasteiger partial charge in [0.05, 0.1) is 0 Å². The average Bonchev–Trinajstić information content (AvgIpc) is 2.81. The van der Waals surface area contributed by atoms with Crippen molar-refractivity contribution in [3.8, 4) is 0 Å². The van der Waals surface area contributed by atoms with E-state index in [4.69, 9.17) is 0 Å². The van der Waals surface area contributed by atoms with Gasteiger partial charge in [0.2, 0.25) is 0 Å². The Kier molecular flexibility index (Phi) is 1.65. The molecule has 1 nitrogen and oxygen atoms in total. The van der Waals surface area contributed by atoms with Gasteiger partial charge in [0.1, 0.15) is 0 Å². The number of halogens is 1. The summed E-state index contributed by atoms with van der Waals surface area (Å²) in [5.41, 5.74) is -0.305. The van der Waals surface area contributed by atoms with E-state index in [-0.39, 0.29) is 6.04 Å². The zero-order chi connectivity index (χ0) is 8.60. The molecule has 1 saturated carbocycles. The fraction of sp³-hybridized carbons (Fsp3) is 0.400. The summed E-state index contributed by atoms with van der Waals surface area (Å²) in [6.45, 7) is 0. The fourth-order valence-electron chi connectivity index (χ4n) is 1.60. The Morgan fingerprint density at radius 1 is 1.42 bits per heavy atom. The summed E-state index contributed by atoms with van der Waals surface area (Å²) in [6.07, 6.45) is 0.605. The molecule has 0 saturated heterocycles. The van der Waals surface area contributed by atoms with Crippen molar-refractivity contribution in [2.24, 2.45) is 0 Å². The Bertz CT molecular complexity index is 272. The summed E-state index contributed by atoms with van der Waals surface area (Å²) >= 11 is 0. The summed E-state index contributed by atoms with van der Waals surface area (Å²) < 4.78 is 13.8. The van der Waals surface area contributed by atoms with Gasteiger partial charge in [0.25, 0.3) is 0 Å². The lowest BCUT2D eigenvalue weighted by Gasteiger charge is -2.06. The van der Waals surface area contributed by atoms with E-state index in [9.17, 15) is 4.39 Å². The Labute approximate surface area is 71.6 Å². The molecule has 0 bridgehead atoms. The van der Waals surface area contributed by atoms with Crippen LogP contribution in [0.5, 0.6) is 0 Å². The first-order valence-corrected chi connectivity index (χ1v) is 4.19. The van der Waals surface area contributed by atoms with Gasteiger partial charge in [-0.1, -0.05) is 30.3 Å². The summed E-state index contributed by atoms with van der Waals surface area (Å²) in [7, 11) is 1.80. The minimum Gasteiger partial charge on any atom is -0.314 e. The van der Waals surface area contributed by atoms with Gasteiger partial charge in [-0.2, -0.15) is 0 Å². The third-order valence-corrected chi connectivity index (χ3v) is 2.50. The second-order valence-electron chi connectivity index (χ2n) is 3.27. The van der Waals surface area contributed by atoms with E-state index in [1.54, 1.807) is 7.05 Å². The smallest absolute Gasteiger partial charge is 0.152 e. The highest BCUT2D eigenvalue weighted by Crippen LogP contribution is 2.49. The van der Waals surface area contributed by atoms with Crippen LogP contribution in [0.25, 0.3) is 0 Å². The van der Waals surface area contributed by atoms with E-state index >= 15 is 0 Å². The van der Waals surface area contributed by atoms with Gasteiger partial charge in [-0.25, -0.2) is 4.39 Å². The monoisotopic (exact) mass is 165 g/mol. The Morgan fingerprint density at radius 2 is 2.08 bits per heavy atom. The van der Waals surface area contributed by atoms with Crippen LogP contribution in [0, 0.1) is 0 Å². The van der Waals surface area contributed by atoms with E-state index in [0.29, 0.717) is 6.42 Å². The number of benzene rings is 1. The molecule has 1 aromatic rings. The van der Waals surface area contributed by atoms with Crippen molar-refractivity contribution in [1.29, 1.82) is 0 Å². The lowest BCUT2D eigenvalue weighted by molar-refractivity contribution is 0.297. The van der Waals surface area contributed by atoms with Crippen molar-refractivity contribution in [3.05, 3.63) is 35.9 Å². The number of hydrogen-bond donors (Lipinski definition) is 1. The van der Waals surface area contributed by atoms with Crippen LogP contribution in [0.2, 0.25) is 0 Å². The van der Waals surface area contributed by atoms with Crippen LogP contribution in [0.1, 0.15) is 12.0 Å². The molecule has 0 aromatic heterocycles. The molecule has 0 heterocycles. The largest absolute Gasteiger partial charge is 0.314 e. The zero-order valence-electron chi connectivity index (χ0n) is 7.05. The molecule has 2 atom stereocenters. The van der Waals surface area contributed by atoms with E-state index < -0.39 is 5.67 Å². The fourth-order valence-corrected chi connectivity index (χ4v) is 1.60. The van der Waals surface area contributed by atoms with Crippen LogP contribution in [0.15, 0.2) is 30.3 Å². The number of rotatable bonds is 2. The summed E-state index contributed by atoms with van der Waals surface area (Å²) in [4.78, 5) is 0. The Balaban J connectivity index is 2.23. The third kappa shape index (κ3) is 1.03. The quantitative estimate of drug-likeness (QED) is 0.705.